The van der Waals surface area contributed by atoms with Gasteiger partial charge in [-0.25, -0.2) is 0 Å². The van der Waals surface area contributed by atoms with Gasteiger partial charge in [0.1, 0.15) is 6.04 Å². The summed E-state index contributed by atoms with van der Waals surface area (Å²) in [5.41, 5.74) is 2.46. The summed E-state index contributed by atoms with van der Waals surface area (Å²) in [7, 11) is 0. The first-order chi connectivity index (χ1) is 10.2. The van der Waals surface area contributed by atoms with Crippen molar-refractivity contribution in [3.8, 4) is 0 Å². The number of amides is 1. The maximum absolute atomic E-state index is 12.1. The Kier molecular flexibility index (Phi) is 4.50. The molecule has 0 radical (unpaired) electrons. The Bertz CT molecular complexity index is 530. The molecule has 21 heavy (non-hydrogen) atoms. The lowest BCUT2D eigenvalue weighted by molar-refractivity contribution is -0.123. The fraction of sp³-hybridized carbons (Fsp3) is 0.562. The number of hydrogen-bond donors (Lipinski definition) is 2. The Hall–Kier alpha value is -1.07. The van der Waals surface area contributed by atoms with Crippen molar-refractivity contribution >= 4 is 27.5 Å². The lowest BCUT2D eigenvalue weighted by Crippen LogP contribution is -2.55. The van der Waals surface area contributed by atoms with Crippen molar-refractivity contribution in [2.45, 2.75) is 44.8 Å². The summed E-state index contributed by atoms with van der Waals surface area (Å²) in [4.78, 5) is 14.4. The number of carbonyl (C=O) groups excluding carboxylic acids is 1. The Morgan fingerprint density at radius 3 is 2.95 bits per heavy atom. The molecule has 2 aliphatic rings. The second-order valence-electron chi connectivity index (χ2n) is 5.84. The van der Waals surface area contributed by atoms with Crippen molar-refractivity contribution in [1.29, 1.82) is 0 Å². The molecule has 114 valence electrons. The van der Waals surface area contributed by atoms with E-state index in [1.165, 1.54) is 24.1 Å². The summed E-state index contributed by atoms with van der Waals surface area (Å²) in [5.74, 6) is 0.143. The van der Waals surface area contributed by atoms with E-state index in [1.807, 2.05) is 0 Å². The molecule has 1 aliphatic heterocycles. The van der Waals surface area contributed by atoms with Gasteiger partial charge in [0, 0.05) is 35.8 Å². The second kappa shape index (κ2) is 6.36. The zero-order chi connectivity index (χ0) is 14.8. The third kappa shape index (κ3) is 3.40. The first-order valence-electron chi connectivity index (χ1n) is 7.75. The average Bonchev–Trinajstić information content (AvgIpc) is 3.30. The van der Waals surface area contributed by atoms with Gasteiger partial charge in [-0.2, -0.15) is 0 Å². The van der Waals surface area contributed by atoms with Gasteiger partial charge >= 0.3 is 0 Å². The van der Waals surface area contributed by atoms with E-state index in [-0.39, 0.29) is 11.9 Å². The first kappa shape index (κ1) is 14.9. The molecule has 1 aliphatic carbocycles. The van der Waals surface area contributed by atoms with Crippen LogP contribution < -0.4 is 15.5 Å². The number of benzene rings is 1. The van der Waals surface area contributed by atoms with E-state index in [4.69, 9.17) is 0 Å². The van der Waals surface area contributed by atoms with E-state index in [0.29, 0.717) is 6.04 Å². The van der Waals surface area contributed by atoms with E-state index < -0.39 is 0 Å². The number of nitrogens with zero attached hydrogens (tertiary/aromatic N) is 1. The summed E-state index contributed by atoms with van der Waals surface area (Å²) in [6.45, 7) is 4.54. The summed E-state index contributed by atoms with van der Waals surface area (Å²) < 4.78 is 1.06. The minimum atomic E-state index is -0.0623. The predicted molar refractivity (Wildman–Crippen MR) is 88.4 cm³/mol. The molecule has 1 unspecified atom stereocenters. The Labute approximate surface area is 134 Å². The van der Waals surface area contributed by atoms with Crippen LogP contribution in [0.3, 0.4) is 0 Å². The number of nitrogens with one attached hydrogen (secondary N) is 2. The van der Waals surface area contributed by atoms with Crippen LogP contribution in [0.4, 0.5) is 5.69 Å². The molecule has 1 aromatic carbocycles. The fourth-order valence-corrected chi connectivity index (χ4v) is 3.25. The normalized spacial score (nSPS) is 22.3. The molecular formula is C16H22BrN3O. The van der Waals surface area contributed by atoms with Crippen molar-refractivity contribution in [3.63, 3.8) is 0 Å². The smallest absolute Gasteiger partial charge is 0.242 e. The molecule has 1 heterocycles. The zero-order valence-electron chi connectivity index (χ0n) is 12.4. The minimum Gasteiger partial charge on any atom is -0.357 e. The van der Waals surface area contributed by atoms with E-state index in [9.17, 15) is 4.79 Å². The Balaban J connectivity index is 1.86. The van der Waals surface area contributed by atoms with Gasteiger partial charge in [0.15, 0.2) is 0 Å². The fourth-order valence-electron chi connectivity index (χ4n) is 2.90. The third-order valence-electron chi connectivity index (χ3n) is 4.23. The maximum Gasteiger partial charge on any atom is 0.242 e. The lowest BCUT2D eigenvalue weighted by atomic mass is 10.1. The lowest BCUT2D eigenvalue weighted by Gasteiger charge is -2.37. The molecule has 0 aromatic heterocycles. The highest BCUT2D eigenvalue weighted by Crippen LogP contribution is 2.29. The van der Waals surface area contributed by atoms with Gasteiger partial charge in [-0.05, 0) is 37.0 Å². The number of carbonyl (C=O) groups is 1. The van der Waals surface area contributed by atoms with Crippen LogP contribution >= 0.6 is 15.9 Å². The molecular weight excluding hydrogens is 330 g/mol. The molecule has 0 spiro atoms. The number of piperazine rings is 1. The molecule has 3 rings (SSSR count). The molecule has 1 saturated carbocycles. The van der Waals surface area contributed by atoms with Crippen molar-refractivity contribution in [2.75, 3.05) is 18.0 Å². The zero-order valence-corrected chi connectivity index (χ0v) is 13.9. The first-order valence-corrected chi connectivity index (χ1v) is 8.54. The molecule has 1 saturated heterocycles. The van der Waals surface area contributed by atoms with E-state index >= 15 is 0 Å². The SMILES string of the molecule is CCC1C(=O)NCCN1c1cc(Br)ccc1CNC1CC1. The highest BCUT2D eigenvalue weighted by Gasteiger charge is 2.30. The molecule has 1 amide bonds. The number of hydrogen-bond acceptors (Lipinski definition) is 3. The van der Waals surface area contributed by atoms with E-state index in [2.05, 4.69) is 56.6 Å². The largest absolute Gasteiger partial charge is 0.357 e. The Morgan fingerprint density at radius 2 is 2.24 bits per heavy atom. The summed E-state index contributed by atoms with van der Waals surface area (Å²) in [6.07, 6.45) is 3.40. The van der Waals surface area contributed by atoms with Crippen molar-refractivity contribution < 1.29 is 4.79 Å². The molecule has 2 fully saturated rings. The van der Waals surface area contributed by atoms with Gasteiger partial charge in [-0.3, -0.25) is 4.79 Å². The summed E-state index contributed by atoms with van der Waals surface area (Å²) in [6, 6.07) is 7.01. The topological polar surface area (TPSA) is 44.4 Å². The highest BCUT2D eigenvalue weighted by molar-refractivity contribution is 9.10. The summed E-state index contributed by atoms with van der Waals surface area (Å²) in [5, 5.41) is 6.54. The van der Waals surface area contributed by atoms with Gasteiger partial charge in [-0.1, -0.05) is 28.9 Å². The van der Waals surface area contributed by atoms with Crippen LogP contribution in [0.1, 0.15) is 31.7 Å². The van der Waals surface area contributed by atoms with E-state index in [0.717, 1.165) is 30.5 Å². The van der Waals surface area contributed by atoms with Gasteiger partial charge in [-0.15, -0.1) is 0 Å². The van der Waals surface area contributed by atoms with Crippen molar-refractivity contribution in [2.24, 2.45) is 0 Å². The average molecular weight is 352 g/mol. The van der Waals surface area contributed by atoms with Crippen LogP contribution in [0.5, 0.6) is 0 Å². The van der Waals surface area contributed by atoms with Crippen LogP contribution in [0.2, 0.25) is 0 Å². The molecule has 1 atom stereocenters. The number of rotatable bonds is 5. The molecule has 4 nitrogen and oxygen atoms in total. The molecule has 5 heteroatoms. The standard InChI is InChI=1S/C16H22BrN3O/c1-2-14-16(21)18-7-8-20(14)15-9-12(17)4-3-11(15)10-19-13-5-6-13/h3-4,9,13-14,19H,2,5-8,10H2,1H3,(H,18,21). The molecule has 1 aromatic rings. The minimum absolute atomic E-state index is 0.0623. The summed E-state index contributed by atoms with van der Waals surface area (Å²) >= 11 is 3.56. The number of anilines is 1. The van der Waals surface area contributed by atoms with Crippen LogP contribution in [0, 0.1) is 0 Å². The number of halogens is 1. The van der Waals surface area contributed by atoms with E-state index in [1.54, 1.807) is 0 Å². The second-order valence-corrected chi connectivity index (χ2v) is 6.75. The quantitative estimate of drug-likeness (QED) is 0.856. The molecule has 2 N–H and O–H groups in total. The van der Waals surface area contributed by atoms with Gasteiger partial charge < -0.3 is 15.5 Å². The van der Waals surface area contributed by atoms with Gasteiger partial charge in [0.05, 0.1) is 0 Å². The van der Waals surface area contributed by atoms with Gasteiger partial charge in [0.25, 0.3) is 0 Å². The molecule has 0 bridgehead atoms. The monoisotopic (exact) mass is 351 g/mol. The predicted octanol–water partition coefficient (Wildman–Crippen LogP) is 2.42. The van der Waals surface area contributed by atoms with Crippen LogP contribution in [-0.2, 0) is 11.3 Å². The van der Waals surface area contributed by atoms with Crippen molar-refractivity contribution in [3.05, 3.63) is 28.2 Å². The van der Waals surface area contributed by atoms with Crippen molar-refractivity contribution in [1.82, 2.24) is 10.6 Å². The Morgan fingerprint density at radius 1 is 1.43 bits per heavy atom. The van der Waals surface area contributed by atoms with Crippen LogP contribution in [0.25, 0.3) is 0 Å². The maximum atomic E-state index is 12.1. The van der Waals surface area contributed by atoms with Crippen LogP contribution in [0.15, 0.2) is 22.7 Å². The van der Waals surface area contributed by atoms with Crippen LogP contribution in [-0.4, -0.2) is 31.1 Å². The third-order valence-corrected chi connectivity index (χ3v) is 4.73. The van der Waals surface area contributed by atoms with Gasteiger partial charge in [0.2, 0.25) is 5.91 Å². The highest BCUT2D eigenvalue weighted by atomic mass is 79.9.